The molecule has 1 aromatic carbocycles. The molecule has 9 nitrogen and oxygen atoms in total. The molecule has 0 unspecified atom stereocenters. The molecule has 0 aliphatic carbocycles. The van der Waals surface area contributed by atoms with Crippen molar-refractivity contribution in [2.45, 2.75) is 24.8 Å². The molecule has 0 spiro atoms. The van der Waals surface area contributed by atoms with Gasteiger partial charge in [0, 0.05) is 25.0 Å². The van der Waals surface area contributed by atoms with E-state index in [9.17, 15) is 18.0 Å². The van der Waals surface area contributed by atoms with Crippen molar-refractivity contribution in [2.75, 3.05) is 31.6 Å². The molecule has 3 rings (SSSR count). The lowest BCUT2D eigenvalue weighted by molar-refractivity contribution is -0.123. The highest BCUT2D eigenvalue weighted by Crippen LogP contribution is 2.24. The van der Waals surface area contributed by atoms with Gasteiger partial charge >= 0.3 is 5.97 Å². The summed E-state index contributed by atoms with van der Waals surface area (Å²) in [7, 11) is -3.73. The van der Waals surface area contributed by atoms with E-state index in [1.54, 1.807) is 19.1 Å². The molecule has 166 valence electrons. The zero-order valence-corrected chi connectivity index (χ0v) is 18.6. The number of carbonyl (C=O) groups is 2. The molecule has 31 heavy (non-hydrogen) atoms. The number of rotatable bonds is 6. The lowest BCUT2D eigenvalue weighted by atomic mass is 10.2. The second-order valence-corrected chi connectivity index (χ2v) is 9.20. The molecular weight excluding hydrogens is 446 g/mol. The second kappa shape index (κ2) is 9.73. The third-order valence-electron chi connectivity index (χ3n) is 4.66. The molecule has 1 aliphatic heterocycles. The van der Waals surface area contributed by atoms with Gasteiger partial charge in [-0.1, -0.05) is 17.7 Å². The number of esters is 1. The molecule has 1 N–H and O–H groups in total. The number of ether oxygens (including phenoxy) is 2. The van der Waals surface area contributed by atoms with Crippen molar-refractivity contribution in [1.29, 1.82) is 0 Å². The second-order valence-electron chi connectivity index (χ2n) is 6.90. The van der Waals surface area contributed by atoms with Gasteiger partial charge in [-0.25, -0.2) is 18.2 Å². The van der Waals surface area contributed by atoms with Crippen LogP contribution in [0.5, 0.6) is 0 Å². The van der Waals surface area contributed by atoms with Gasteiger partial charge in [0.05, 0.1) is 23.7 Å². The van der Waals surface area contributed by atoms with Gasteiger partial charge in [-0.2, -0.15) is 4.31 Å². The maximum atomic E-state index is 13.0. The van der Waals surface area contributed by atoms with Gasteiger partial charge in [0.15, 0.2) is 6.10 Å². The summed E-state index contributed by atoms with van der Waals surface area (Å²) in [6, 6.07) is 7.47. The Bertz CT molecular complexity index is 1070. The predicted octanol–water partition coefficient (Wildman–Crippen LogP) is 2.25. The summed E-state index contributed by atoms with van der Waals surface area (Å²) in [5, 5.41) is 2.82. The first-order chi connectivity index (χ1) is 14.7. The third-order valence-corrected chi connectivity index (χ3v) is 6.92. The van der Waals surface area contributed by atoms with Crippen LogP contribution in [0.15, 0.2) is 41.4 Å². The number of amides is 1. The molecule has 1 saturated heterocycles. The SMILES string of the molecule is Cc1ccc(NC(=O)[C@@H](C)OC(=O)c2ccc(Cl)nc2)cc1S(=O)(=O)N1CCOCC1. The van der Waals surface area contributed by atoms with Crippen LogP contribution in [0, 0.1) is 6.92 Å². The standard InChI is InChI=1S/C20H22ClN3O6S/c1-13-3-5-16(11-17(13)31(27,28)24-7-9-29-10-8-24)23-19(25)14(2)30-20(26)15-4-6-18(21)22-12-15/h3-6,11-12,14H,7-10H2,1-2H3,(H,23,25)/t14-/m1/s1. The highest BCUT2D eigenvalue weighted by molar-refractivity contribution is 7.89. The minimum Gasteiger partial charge on any atom is -0.449 e. The fourth-order valence-electron chi connectivity index (χ4n) is 2.90. The van der Waals surface area contributed by atoms with E-state index in [1.807, 2.05) is 0 Å². The number of hydrogen-bond donors (Lipinski definition) is 1. The van der Waals surface area contributed by atoms with Crippen LogP contribution in [-0.2, 0) is 24.3 Å². The van der Waals surface area contributed by atoms with E-state index in [-0.39, 0.29) is 34.4 Å². The molecular formula is C20H22ClN3O6S. The Morgan fingerprint density at radius 2 is 1.94 bits per heavy atom. The van der Waals surface area contributed by atoms with E-state index in [4.69, 9.17) is 21.1 Å². The summed E-state index contributed by atoms with van der Waals surface area (Å²) in [6.07, 6.45) is 0.127. The van der Waals surface area contributed by atoms with Crippen molar-refractivity contribution in [3.05, 3.63) is 52.8 Å². The number of carbonyl (C=O) groups excluding carboxylic acids is 2. The number of morpholine rings is 1. The van der Waals surface area contributed by atoms with Crippen LogP contribution in [0.1, 0.15) is 22.8 Å². The van der Waals surface area contributed by atoms with Crippen LogP contribution in [0.2, 0.25) is 5.15 Å². The average Bonchev–Trinajstić information content (AvgIpc) is 2.76. The van der Waals surface area contributed by atoms with Gasteiger partial charge in [0.2, 0.25) is 10.0 Å². The molecule has 1 atom stereocenters. The van der Waals surface area contributed by atoms with Gasteiger partial charge in [0.25, 0.3) is 5.91 Å². The fourth-order valence-corrected chi connectivity index (χ4v) is 4.67. The Kier molecular flexibility index (Phi) is 7.26. The van der Waals surface area contributed by atoms with Crippen molar-refractivity contribution in [1.82, 2.24) is 9.29 Å². The number of hydrogen-bond acceptors (Lipinski definition) is 7. The van der Waals surface area contributed by atoms with E-state index in [2.05, 4.69) is 10.3 Å². The van der Waals surface area contributed by atoms with Gasteiger partial charge in [0.1, 0.15) is 5.15 Å². The average molecular weight is 468 g/mol. The first kappa shape index (κ1) is 23.1. The number of nitrogens with zero attached hydrogens (tertiary/aromatic N) is 2. The molecule has 1 aliphatic rings. The largest absolute Gasteiger partial charge is 0.449 e. The molecule has 2 heterocycles. The number of anilines is 1. The van der Waals surface area contributed by atoms with Crippen molar-refractivity contribution in [2.24, 2.45) is 0 Å². The number of pyridine rings is 1. The fraction of sp³-hybridized carbons (Fsp3) is 0.350. The van der Waals surface area contributed by atoms with Gasteiger partial charge in [-0.15, -0.1) is 0 Å². The quantitative estimate of drug-likeness (QED) is 0.511. The predicted molar refractivity (Wildman–Crippen MR) is 114 cm³/mol. The lowest BCUT2D eigenvalue weighted by Gasteiger charge is -2.27. The minimum atomic E-state index is -3.73. The molecule has 1 aromatic heterocycles. The number of sulfonamides is 1. The van der Waals surface area contributed by atoms with E-state index in [0.29, 0.717) is 18.8 Å². The smallest absolute Gasteiger partial charge is 0.340 e. The molecule has 1 amide bonds. The monoisotopic (exact) mass is 467 g/mol. The van der Waals surface area contributed by atoms with Crippen molar-refractivity contribution in [3.8, 4) is 0 Å². The zero-order valence-electron chi connectivity index (χ0n) is 17.0. The molecule has 1 fully saturated rings. The molecule has 2 aromatic rings. The third kappa shape index (κ3) is 5.59. The van der Waals surface area contributed by atoms with Crippen molar-refractivity contribution < 1.29 is 27.5 Å². The number of nitrogens with one attached hydrogen (secondary N) is 1. The van der Waals surface area contributed by atoms with Crippen molar-refractivity contribution in [3.63, 3.8) is 0 Å². The van der Waals surface area contributed by atoms with Gasteiger partial charge in [-0.3, -0.25) is 4.79 Å². The highest BCUT2D eigenvalue weighted by atomic mass is 35.5. The normalized spacial score (nSPS) is 15.8. The summed E-state index contributed by atoms with van der Waals surface area (Å²) in [5.41, 5.74) is 0.982. The number of aromatic nitrogens is 1. The van der Waals surface area contributed by atoms with Crippen LogP contribution < -0.4 is 5.32 Å². The first-order valence-corrected chi connectivity index (χ1v) is 11.3. The van der Waals surface area contributed by atoms with Crippen LogP contribution in [-0.4, -0.2) is 62.0 Å². The Labute approximate surface area is 185 Å². The summed E-state index contributed by atoms with van der Waals surface area (Å²) in [4.78, 5) is 28.5. The maximum Gasteiger partial charge on any atom is 0.340 e. The van der Waals surface area contributed by atoms with E-state index >= 15 is 0 Å². The van der Waals surface area contributed by atoms with Gasteiger partial charge < -0.3 is 14.8 Å². The van der Waals surface area contributed by atoms with Crippen molar-refractivity contribution >= 4 is 39.2 Å². The Morgan fingerprint density at radius 3 is 2.58 bits per heavy atom. The van der Waals surface area contributed by atoms with Gasteiger partial charge in [-0.05, 0) is 43.7 Å². The van der Waals surface area contributed by atoms with Crippen LogP contribution in [0.3, 0.4) is 0 Å². The number of benzene rings is 1. The first-order valence-electron chi connectivity index (χ1n) is 9.50. The maximum absolute atomic E-state index is 13.0. The summed E-state index contributed by atoms with van der Waals surface area (Å²) in [6.45, 7) is 4.30. The Balaban J connectivity index is 1.70. The van der Waals surface area contributed by atoms with E-state index in [0.717, 1.165) is 0 Å². The summed E-state index contributed by atoms with van der Waals surface area (Å²) >= 11 is 5.69. The Morgan fingerprint density at radius 1 is 1.23 bits per heavy atom. The molecule has 0 bridgehead atoms. The zero-order chi connectivity index (χ0) is 22.6. The topological polar surface area (TPSA) is 115 Å². The Hall–Kier alpha value is -2.53. The summed E-state index contributed by atoms with van der Waals surface area (Å²) in [5.74, 6) is -1.33. The van der Waals surface area contributed by atoms with E-state index in [1.165, 1.54) is 35.6 Å². The van der Waals surface area contributed by atoms with Crippen LogP contribution >= 0.6 is 11.6 Å². The molecule has 11 heteroatoms. The molecule has 0 radical (unpaired) electrons. The lowest BCUT2D eigenvalue weighted by Crippen LogP contribution is -2.40. The minimum absolute atomic E-state index is 0.101. The van der Waals surface area contributed by atoms with E-state index < -0.39 is 28.0 Å². The van der Waals surface area contributed by atoms with Crippen LogP contribution in [0.4, 0.5) is 5.69 Å². The molecule has 0 saturated carbocycles. The number of halogens is 1. The number of aryl methyl sites for hydroxylation is 1. The summed E-state index contributed by atoms with van der Waals surface area (Å²) < 4.78 is 37.7. The van der Waals surface area contributed by atoms with Crippen LogP contribution in [0.25, 0.3) is 0 Å². The highest BCUT2D eigenvalue weighted by Gasteiger charge is 2.28.